The number of aliphatic hydroxyl groups is 1. The Bertz CT molecular complexity index is 1240. The molecule has 2 aliphatic carbocycles. The van der Waals surface area contributed by atoms with Crippen molar-refractivity contribution in [2.75, 3.05) is 18.6 Å². The van der Waals surface area contributed by atoms with Gasteiger partial charge in [-0.05, 0) is 105 Å². The van der Waals surface area contributed by atoms with Gasteiger partial charge in [0.25, 0.3) is 0 Å². The van der Waals surface area contributed by atoms with Gasteiger partial charge in [-0.25, -0.2) is 0 Å². The Kier molecular flexibility index (Phi) is 8.07. The standard InChI is InChI=1S/C30H39N5O3/c1-20-17-24(13-16-28(20)38-3)22-9-7-21(8-10-22)19-35(30(37)23-11-14-27(36)15-12-23)26-6-4-5-25(18-26)29-31-33-34(2)32-29/h4-6,13,16-18,21-23,27,36H,7-12,14-15,19H2,1-3H3. The second-order valence-electron chi connectivity index (χ2n) is 11.1. The van der Waals surface area contributed by atoms with E-state index in [2.05, 4.69) is 40.5 Å². The number of anilines is 1. The third-order valence-electron chi connectivity index (χ3n) is 8.41. The molecule has 3 aromatic rings. The number of methoxy groups -OCH3 is 1. The number of rotatable bonds is 7. The van der Waals surface area contributed by atoms with Gasteiger partial charge in [-0.15, -0.1) is 10.2 Å². The molecule has 2 fully saturated rings. The first-order valence-corrected chi connectivity index (χ1v) is 13.9. The third kappa shape index (κ3) is 5.90. The highest BCUT2D eigenvalue weighted by Crippen LogP contribution is 2.39. The number of hydrogen-bond acceptors (Lipinski definition) is 6. The molecule has 1 N–H and O–H groups in total. The number of tetrazole rings is 1. The fourth-order valence-corrected chi connectivity index (χ4v) is 6.17. The van der Waals surface area contributed by atoms with Crippen LogP contribution in [0, 0.1) is 18.8 Å². The lowest BCUT2D eigenvalue weighted by molar-refractivity contribution is -0.124. The number of aryl methyl sites for hydroxylation is 2. The summed E-state index contributed by atoms with van der Waals surface area (Å²) >= 11 is 0. The van der Waals surface area contributed by atoms with Gasteiger partial charge in [-0.1, -0.05) is 24.3 Å². The van der Waals surface area contributed by atoms with Gasteiger partial charge in [0.15, 0.2) is 0 Å². The van der Waals surface area contributed by atoms with Crippen molar-refractivity contribution in [3.63, 3.8) is 0 Å². The summed E-state index contributed by atoms with van der Waals surface area (Å²) in [5.74, 6) is 2.61. The lowest BCUT2D eigenvalue weighted by Gasteiger charge is -2.36. The summed E-state index contributed by atoms with van der Waals surface area (Å²) in [6.45, 7) is 2.82. The van der Waals surface area contributed by atoms with E-state index in [9.17, 15) is 9.90 Å². The highest BCUT2D eigenvalue weighted by Gasteiger charge is 2.32. The molecule has 38 heavy (non-hydrogen) atoms. The van der Waals surface area contributed by atoms with Crippen molar-refractivity contribution in [2.24, 2.45) is 18.9 Å². The van der Waals surface area contributed by atoms with Crippen LogP contribution in [0.4, 0.5) is 5.69 Å². The van der Waals surface area contributed by atoms with Crippen molar-refractivity contribution >= 4 is 11.6 Å². The van der Waals surface area contributed by atoms with Crippen molar-refractivity contribution in [3.05, 3.63) is 53.6 Å². The van der Waals surface area contributed by atoms with E-state index in [1.54, 1.807) is 14.2 Å². The smallest absolute Gasteiger partial charge is 0.230 e. The van der Waals surface area contributed by atoms with Crippen LogP contribution in [0.2, 0.25) is 0 Å². The molecule has 1 aromatic heterocycles. The van der Waals surface area contributed by atoms with E-state index in [0.29, 0.717) is 37.0 Å². The van der Waals surface area contributed by atoms with Crippen LogP contribution in [0.3, 0.4) is 0 Å². The van der Waals surface area contributed by atoms with Crippen LogP contribution < -0.4 is 9.64 Å². The Morgan fingerprint density at radius 2 is 1.82 bits per heavy atom. The van der Waals surface area contributed by atoms with Gasteiger partial charge >= 0.3 is 0 Å². The number of hydrogen-bond donors (Lipinski definition) is 1. The molecule has 0 aliphatic heterocycles. The molecule has 8 nitrogen and oxygen atoms in total. The normalized spacial score (nSPS) is 23.7. The summed E-state index contributed by atoms with van der Waals surface area (Å²) < 4.78 is 5.44. The zero-order valence-corrected chi connectivity index (χ0v) is 22.7. The van der Waals surface area contributed by atoms with Gasteiger partial charge in [0.05, 0.1) is 20.3 Å². The molecule has 8 heteroatoms. The molecule has 1 heterocycles. The summed E-state index contributed by atoms with van der Waals surface area (Å²) in [6, 6.07) is 14.5. The van der Waals surface area contributed by atoms with Crippen LogP contribution in [0.25, 0.3) is 11.4 Å². The number of carbonyl (C=O) groups excluding carboxylic acids is 1. The Morgan fingerprint density at radius 1 is 1.05 bits per heavy atom. The first kappa shape index (κ1) is 26.4. The SMILES string of the molecule is COc1ccc(C2CCC(CN(C(=O)C3CCC(O)CC3)c3cccc(-c4nnn(C)n4)c3)CC2)cc1C. The Hall–Kier alpha value is -3.26. The summed E-state index contributed by atoms with van der Waals surface area (Å²) in [5, 5.41) is 22.5. The molecular weight excluding hydrogens is 478 g/mol. The fourth-order valence-electron chi connectivity index (χ4n) is 6.17. The monoisotopic (exact) mass is 517 g/mol. The largest absolute Gasteiger partial charge is 0.496 e. The molecule has 0 bridgehead atoms. The van der Waals surface area contributed by atoms with Crippen LogP contribution in [0.15, 0.2) is 42.5 Å². The summed E-state index contributed by atoms with van der Waals surface area (Å²) in [6.07, 6.45) is 7.02. The predicted octanol–water partition coefficient (Wildman–Crippen LogP) is 5.05. The zero-order valence-electron chi connectivity index (χ0n) is 22.7. The number of aromatic nitrogens is 4. The van der Waals surface area contributed by atoms with E-state index in [0.717, 1.165) is 55.5 Å². The van der Waals surface area contributed by atoms with E-state index in [-0.39, 0.29) is 17.9 Å². The first-order valence-electron chi connectivity index (χ1n) is 13.9. The molecule has 2 saturated carbocycles. The molecule has 0 spiro atoms. The number of ether oxygens (including phenoxy) is 1. The van der Waals surface area contributed by atoms with Gasteiger partial charge in [0, 0.05) is 23.7 Å². The van der Waals surface area contributed by atoms with E-state index in [4.69, 9.17) is 4.74 Å². The Labute approximate surface area is 225 Å². The van der Waals surface area contributed by atoms with Gasteiger partial charge in [0.1, 0.15) is 5.75 Å². The molecule has 0 unspecified atom stereocenters. The lowest BCUT2D eigenvalue weighted by atomic mass is 9.78. The van der Waals surface area contributed by atoms with Gasteiger partial charge < -0.3 is 14.7 Å². The van der Waals surface area contributed by atoms with Crippen molar-refractivity contribution < 1.29 is 14.6 Å². The topological polar surface area (TPSA) is 93.4 Å². The summed E-state index contributed by atoms with van der Waals surface area (Å²) in [4.78, 5) is 17.3. The summed E-state index contributed by atoms with van der Waals surface area (Å²) in [7, 11) is 3.46. The first-order chi connectivity index (χ1) is 18.4. The van der Waals surface area contributed by atoms with Crippen molar-refractivity contribution in [1.82, 2.24) is 20.2 Å². The van der Waals surface area contributed by atoms with Crippen LogP contribution in [0.1, 0.15) is 68.4 Å². The second kappa shape index (κ2) is 11.6. The molecule has 0 saturated heterocycles. The van der Waals surface area contributed by atoms with Crippen LogP contribution >= 0.6 is 0 Å². The molecule has 2 aliphatic rings. The van der Waals surface area contributed by atoms with Crippen molar-refractivity contribution in [2.45, 2.75) is 70.3 Å². The number of aliphatic hydroxyl groups excluding tert-OH is 1. The molecule has 0 radical (unpaired) electrons. The minimum Gasteiger partial charge on any atom is -0.496 e. The molecule has 2 aromatic carbocycles. The number of nitrogens with zero attached hydrogens (tertiary/aromatic N) is 5. The zero-order chi connectivity index (χ0) is 26.6. The minimum atomic E-state index is -0.282. The third-order valence-corrected chi connectivity index (χ3v) is 8.41. The predicted molar refractivity (Wildman–Crippen MR) is 147 cm³/mol. The molecule has 202 valence electrons. The molecule has 1 amide bonds. The van der Waals surface area contributed by atoms with Crippen LogP contribution in [-0.4, -0.2) is 51.0 Å². The fraction of sp³-hybridized carbons (Fsp3) is 0.533. The van der Waals surface area contributed by atoms with E-state index >= 15 is 0 Å². The number of carbonyl (C=O) groups is 1. The highest BCUT2D eigenvalue weighted by molar-refractivity contribution is 5.95. The molecule has 0 atom stereocenters. The van der Waals surface area contributed by atoms with Gasteiger partial charge in [0.2, 0.25) is 11.7 Å². The number of amides is 1. The van der Waals surface area contributed by atoms with Crippen molar-refractivity contribution in [1.29, 1.82) is 0 Å². The van der Waals surface area contributed by atoms with Gasteiger partial charge in [-0.3, -0.25) is 4.79 Å². The quantitative estimate of drug-likeness (QED) is 0.471. The molecular formula is C30H39N5O3. The van der Waals surface area contributed by atoms with Crippen LogP contribution in [-0.2, 0) is 11.8 Å². The number of benzene rings is 2. The highest BCUT2D eigenvalue weighted by atomic mass is 16.5. The Morgan fingerprint density at radius 3 is 2.47 bits per heavy atom. The maximum atomic E-state index is 13.9. The maximum Gasteiger partial charge on any atom is 0.230 e. The van der Waals surface area contributed by atoms with E-state index in [1.807, 2.05) is 29.2 Å². The van der Waals surface area contributed by atoms with Crippen LogP contribution in [0.5, 0.6) is 5.75 Å². The second-order valence-corrected chi connectivity index (χ2v) is 11.1. The average Bonchev–Trinajstić information content (AvgIpc) is 3.38. The lowest BCUT2D eigenvalue weighted by Crippen LogP contribution is -2.41. The average molecular weight is 518 g/mol. The molecule has 5 rings (SSSR count). The maximum absolute atomic E-state index is 13.9. The van der Waals surface area contributed by atoms with Gasteiger partial charge in [-0.2, -0.15) is 4.80 Å². The van der Waals surface area contributed by atoms with Crippen molar-refractivity contribution in [3.8, 4) is 17.1 Å². The summed E-state index contributed by atoms with van der Waals surface area (Å²) in [5.41, 5.74) is 4.31. The Balaban J connectivity index is 1.32. The minimum absolute atomic E-state index is 0.0460. The van der Waals surface area contributed by atoms with E-state index < -0.39 is 0 Å². The van der Waals surface area contributed by atoms with E-state index in [1.165, 1.54) is 15.9 Å².